The number of carbonyl (C=O) groups excluding carboxylic acids is 1. The van der Waals surface area contributed by atoms with Gasteiger partial charge in [0.15, 0.2) is 5.78 Å². The fraction of sp³-hybridized carbons (Fsp3) is 0.364. The Morgan fingerprint density at radius 1 is 1.38 bits per heavy atom. The number of benzene rings is 1. The van der Waals surface area contributed by atoms with Crippen LogP contribution in [0.4, 0.5) is 0 Å². The third kappa shape index (κ3) is 1.95. The molecular weight excluding hydrogens is 164 g/mol. The minimum absolute atomic E-state index is 0.160. The van der Waals surface area contributed by atoms with Crippen molar-refractivity contribution in [2.24, 2.45) is 0 Å². The highest BCUT2D eigenvalue weighted by Crippen LogP contribution is 2.25. The lowest BCUT2D eigenvalue weighted by molar-refractivity contribution is 0.0972. The van der Waals surface area contributed by atoms with Gasteiger partial charge >= 0.3 is 0 Å². The summed E-state index contributed by atoms with van der Waals surface area (Å²) in [4.78, 5) is 11.6. The zero-order valence-electron chi connectivity index (χ0n) is 7.57. The molecule has 1 fully saturated rings. The molecule has 0 aromatic heterocycles. The van der Waals surface area contributed by atoms with E-state index in [4.69, 9.17) is 4.74 Å². The summed E-state index contributed by atoms with van der Waals surface area (Å²) in [5.41, 5.74) is 0.783. The predicted octanol–water partition coefficient (Wildman–Crippen LogP) is 2.05. The van der Waals surface area contributed by atoms with E-state index in [9.17, 15) is 4.79 Å². The zero-order valence-corrected chi connectivity index (χ0v) is 7.57. The lowest BCUT2D eigenvalue weighted by Crippen LogP contribution is -2.03. The second-order valence-corrected chi connectivity index (χ2v) is 3.37. The highest BCUT2D eigenvalue weighted by Gasteiger charge is 2.35. The number of ether oxygens (including phenoxy) is 1. The van der Waals surface area contributed by atoms with Crippen LogP contribution in [0.1, 0.15) is 23.7 Å². The van der Waals surface area contributed by atoms with Gasteiger partial charge in [-0.05, 0) is 6.92 Å². The van der Waals surface area contributed by atoms with E-state index in [2.05, 4.69) is 0 Å². The van der Waals surface area contributed by atoms with Gasteiger partial charge in [-0.25, -0.2) is 0 Å². The average Bonchev–Trinajstić information content (AvgIpc) is 2.83. The van der Waals surface area contributed by atoms with Crippen LogP contribution in [-0.2, 0) is 4.74 Å². The maximum Gasteiger partial charge on any atom is 0.165 e. The molecule has 2 atom stereocenters. The Kier molecular flexibility index (Phi) is 2.15. The topological polar surface area (TPSA) is 29.6 Å². The molecule has 0 spiro atoms. The maximum atomic E-state index is 11.6. The second-order valence-electron chi connectivity index (χ2n) is 3.37. The summed E-state index contributed by atoms with van der Waals surface area (Å²) in [5.74, 6) is 0.176. The number of carbonyl (C=O) groups is 1. The van der Waals surface area contributed by atoms with E-state index >= 15 is 0 Å². The van der Waals surface area contributed by atoms with Crippen molar-refractivity contribution >= 4 is 5.78 Å². The standard InChI is InChI=1S/C11H12O2/c1-8-11(13-8)7-10(12)9-5-3-2-4-6-9/h2-6,8,11H,7H2,1H3/t8-,11-/m0/s1. The molecule has 1 aliphatic heterocycles. The van der Waals surface area contributed by atoms with Gasteiger partial charge in [-0.15, -0.1) is 0 Å². The molecular formula is C11H12O2. The molecule has 68 valence electrons. The van der Waals surface area contributed by atoms with Crippen LogP contribution in [0.25, 0.3) is 0 Å². The summed E-state index contributed by atoms with van der Waals surface area (Å²) in [6, 6.07) is 9.35. The summed E-state index contributed by atoms with van der Waals surface area (Å²) >= 11 is 0. The maximum absolute atomic E-state index is 11.6. The minimum Gasteiger partial charge on any atom is -0.369 e. The van der Waals surface area contributed by atoms with Crippen LogP contribution in [-0.4, -0.2) is 18.0 Å². The Morgan fingerprint density at radius 3 is 2.54 bits per heavy atom. The van der Waals surface area contributed by atoms with Crippen molar-refractivity contribution in [3.63, 3.8) is 0 Å². The van der Waals surface area contributed by atoms with Crippen LogP contribution in [0.3, 0.4) is 0 Å². The quantitative estimate of drug-likeness (QED) is 0.521. The second kappa shape index (κ2) is 3.30. The first-order chi connectivity index (χ1) is 6.27. The van der Waals surface area contributed by atoms with Crippen LogP contribution in [0.2, 0.25) is 0 Å². The Bertz CT molecular complexity index is 305. The van der Waals surface area contributed by atoms with E-state index in [1.165, 1.54) is 0 Å². The summed E-state index contributed by atoms with van der Waals surface area (Å²) < 4.78 is 5.19. The minimum atomic E-state index is 0.160. The molecule has 1 saturated heterocycles. The molecule has 0 amide bonds. The Balaban J connectivity index is 1.98. The number of epoxide rings is 1. The van der Waals surface area contributed by atoms with Crippen molar-refractivity contribution in [3.05, 3.63) is 35.9 Å². The van der Waals surface area contributed by atoms with E-state index in [1.54, 1.807) is 0 Å². The SMILES string of the molecule is C[C@@H]1O[C@H]1CC(=O)c1ccccc1. The van der Waals surface area contributed by atoms with Gasteiger partial charge in [-0.3, -0.25) is 4.79 Å². The van der Waals surface area contributed by atoms with Crippen molar-refractivity contribution in [3.8, 4) is 0 Å². The van der Waals surface area contributed by atoms with Crippen molar-refractivity contribution in [1.82, 2.24) is 0 Å². The molecule has 2 rings (SSSR count). The molecule has 1 aliphatic rings. The van der Waals surface area contributed by atoms with Gasteiger partial charge in [0, 0.05) is 12.0 Å². The number of ketones is 1. The lowest BCUT2D eigenvalue weighted by atomic mass is 10.1. The lowest BCUT2D eigenvalue weighted by Gasteiger charge is -1.96. The zero-order chi connectivity index (χ0) is 9.26. The van der Waals surface area contributed by atoms with Crippen LogP contribution in [0.5, 0.6) is 0 Å². The van der Waals surface area contributed by atoms with E-state index < -0.39 is 0 Å². The van der Waals surface area contributed by atoms with Gasteiger partial charge in [0.1, 0.15) is 0 Å². The van der Waals surface area contributed by atoms with Gasteiger partial charge in [0.2, 0.25) is 0 Å². The van der Waals surface area contributed by atoms with E-state index in [1.807, 2.05) is 37.3 Å². The summed E-state index contributed by atoms with van der Waals surface area (Å²) in [6.45, 7) is 1.99. The van der Waals surface area contributed by atoms with Crippen molar-refractivity contribution < 1.29 is 9.53 Å². The molecule has 0 bridgehead atoms. The third-order valence-corrected chi connectivity index (χ3v) is 2.32. The van der Waals surface area contributed by atoms with Crippen molar-refractivity contribution in [1.29, 1.82) is 0 Å². The largest absolute Gasteiger partial charge is 0.369 e. The van der Waals surface area contributed by atoms with Crippen LogP contribution < -0.4 is 0 Å². The van der Waals surface area contributed by atoms with E-state index in [0.717, 1.165) is 5.56 Å². The molecule has 2 nitrogen and oxygen atoms in total. The first-order valence-electron chi connectivity index (χ1n) is 4.51. The number of hydrogen-bond donors (Lipinski definition) is 0. The molecule has 1 heterocycles. The van der Waals surface area contributed by atoms with Gasteiger partial charge in [0.05, 0.1) is 12.2 Å². The molecule has 0 N–H and O–H groups in total. The molecule has 0 radical (unpaired) electrons. The summed E-state index contributed by atoms with van der Waals surface area (Å²) in [6.07, 6.45) is 0.950. The van der Waals surface area contributed by atoms with Crippen LogP contribution >= 0.6 is 0 Å². The molecule has 1 aromatic carbocycles. The van der Waals surface area contributed by atoms with Gasteiger partial charge in [0.25, 0.3) is 0 Å². The highest BCUT2D eigenvalue weighted by atomic mass is 16.6. The Hall–Kier alpha value is -1.15. The summed E-state index contributed by atoms with van der Waals surface area (Å²) in [5, 5.41) is 0. The van der Waals surface area contributed by atoms with Crippen molar-refractivity contribution in [2.75, 3.05) is 0 Å². The van der Waals surface area contributed by atoms with Crippen LogP contribution in [0.15, 0.2) is 30.3 Å². The van der Waals surface area contributed by atoms with Crippen LogP contribution in [0, 0.1) is 0 Å². The molecule has 1 aromatic rings. The fourth-order valence-corrected chi connectivity index (χ4v) is 1.37. The predicted molar refractivity (Wildman–Crippen MR) is 49.7 cm³/mol. The average molecular weight is 176 g/mol. The van der Waals surface area contributed by atoms with E-state index in [0.29, 0.717) is 6.42 Å². The number of Topliss-reactive ketones (excluding diaryl/α,β-unsaturated/α-hetero) is 1. The molecule has 0 saturated carbocycles. The third-order valence-electron chi connectivity index (χ3n) is 2.32. The summed E-state index contributed by atoms with van der Waals surface area (Å²) in [7, 11) is 0. The Morgan fingerprint density at radius 2 is 2.00 bits per heavy atom. The Labute approximate surface area is 77.5 Å². The van der Waals surface area contributed by atoms with Gasteiger partial charge in [-0.1, -0.05) is 30.3 Å². The molecule has 13 heavy (non-hydrogen) atoms. The molecule has 2 heteroatoms. The normalized spacial score (nSPS) is 25.6. The fourth-order valence-electron chi connectivity index (χ4n) is 1.37. The first-order valence-corrected chi connectivity index (χ1v) is 4.51. The van der Waals surface area contributed by atoms with Crippen molar-refractivity contribution in [2.45, 2.75) is 25.6 Å². The van der Waals surface area contributed by atoms with E-state index in [-0.39, 0.29) is 18.0 Å². The number of hydrogen-bond acceptors (Lipinski definition) is 2. The number of rotatable bonds is 3. The van der Waals surface area contributed by atoms with Gasteiger partial charge in [-0.2, -0.15) is 0 Å². The highest BCUT2D eigenvalue weighted by molar-refractivity contribution is 5.96. The monoisotopic (exact) mass is 176 g/mol. The smallest absolute Gasteiger partial charge is 0.165 e. The molecule has 0 unspecified atom stereocenters. The first kappa shape index (κ1) is 8.45. The van der Waals surface area contributed by atoms with Gasteiger partial charge < -0.3 is 4.74 Å². The molecule has 0 aliphatic carbocycles.